The molecule has 2 aromatic carbocycles. The Hall–Kier alpha value is -1.90. The maximum atomic E-state index is 12.4. The fourth-order valence-corrected chi connectivity index (χ4v) is 4.83. The number of rotatable bonds is 5. The van der Waals surface area contributed by atoms with Crippen LogP contribution in [0, 0.1) is 0 Å². The molecule has 0 saturated heterocycles. The van der Waals surface area contributed by atoms with E-state index in [2.05, 4.69) is 0 Å². The summed E-state index contributed by atoms with van der Waals surface area (Å²) in [5.74, 6) is 0. The van der Waals surface area contributed by atoms with Crippen LogP contribution in [0.1, 0.15) is 0 Å². The van der Waals surface area contributed by atoms with Crippen molar-refractivity contribution in [3.63, 3.8) is 0 Å². The van der Waals surface area contributed by atoms with Gasteiger partial charge in [0, 0.05) is 0 Å². The van der Waals surface area contributed by atoms with Crippen LogP contribution < -0.4 is 9.44 Å². The van der Waals surface area contributed by atoms with Gasteiger partial charge in [-0.25, -0.2) is 26.3 Å². The van der Waals surface area contributed by atoms with Crippen LogP contribution in [0.5, 0.6) is 0 Å². The Bertz CT molecular complexity index is 764. The number of nitrogens with two attached hydrogens (primary N) is 1. The van der Waals surface area contributed by atoms with Crippen LogP contribution in [0.4, 0.5) is 11.4 Å². The number of primary sulfonamides is 1. The van der Waals surface area contributed by atoms with Gasteiger partial charge in [-0.05, 0) is 24.3 Å². The molecule has 21 heavy (non-hydrogen) atoms. The summed E-state index contributed by atoms with van der Waals surface area (Å²) in [5, 5.41) is 3.72. The molecule has 0 amide bonds. The number of sulfonamides is 2. The second-order valence-corrected chi connectivity index (χ2v) is 8.13. The number of hydrogen-bond donors (Lipinski definition) is 1. The van der Waals surface area contributed by atoms with Gasteiger partial charge in [0.2, 0.25) is 10.0 Å². The van der Waals surface area contributed by atoms with Gasteiger partial charge in [-0.2, -0.15) is 0 Å². The first-order valence-corrected chi connectivity index (χ1v) is 9.26. The van der Waals surface area contributed by atoms with Crippen molar-refractivity contribution in [3.05, 3.63) is 60.7 Å². The Morgan fingerprint density at radius 2 is 1.14 bits per heavy atom. The van der Waals surface area contributed by atoms with Gasteiger partial charge in [0.05, 0.1) is 11.4 Å². The zero-order valence-corrected chi connectivity index (χ0v) is 12.6. The highest BCUT2D eigenvalue weighted by molar-refractivity contribution is 8.07. The van der Waals surface area contributed by atoms with Crippen LogP contribution >= 0.6 is 0 Å². The van der Waals surface area contributed by atoms with Gasteiger partial charge in [0.1, 0.15) is 0 Å². The fourth-order valence-electron chi connectivity index (χ4n) is 1.86. The lowest BCUT2D eigenvalue weighted by Gasteiger charge is -2.24. The maximum Gasteiger partial charge on any atom is 0.255 e. The van der Waals surface area contributed by atoms with Gasteiger partial charge in [-0.1, -0.05) is 36.4 Å². The lowest BCUT2D eigenvalue weighted by molar-refractivity contribution is 0.590. The van der Waals surface area contributed by atoms with Crippen molar-refractivity contribution in [2.75, 3.05) is 9.39 Å². The average Bonchev–Trinajstić information content (AvgIpc) is 2.38. The number of nitrogens with zero attached hydrogens (tertiary/aromatic N) is 1. The molecule has 0 radical (unpaired) electrons. The third kappa shape index (κ3) is 4.03. The molecule has 0 aromatic heterocycles. The molecule has 6 nitrogen and oxygen atoms in total. The molecule has 2 aromatic rings. The van der Waals surface area contributed by atoms with Gasteiger partial charge < -0.3 is 0 Å². The second-order valence-electron chi connectivity index (χ2n) is 4.33. The summed E-state index contributed by atoms with van der Waals surface area (Å²) in [6, 6.07) is 16.4. The molecule has 0 saturated carbocycles. The zero-order valence-electron chi connectivity index (χ0n) is 11.0. The first-order chi connectivity index (χ1) is 9.80. The van der Waals surface area contributed by atoms with Crippen molar-refractivity contribution >= 4 is 31.4 Å². The molecule has 8 heteroatoms. The van der Waals surface area contributed by atoms with E-state index in [0.717, 1.165) is 4.31 Å². The van der Waals surface area contributed by atoms with Crippen molar-refractivity contribution in [2.24, 2.45) is 5.14 Å². The molecule has 0 aliphatic rings. The van der Waals surface area contributed by atoms with E-state index in [4.69, 9.17) is 5.14 Å². The van der Waals surface area contributed by atoms with Crippen LogP contribution in [-0.2, 0) is 20.0 Å². The predicted molar refractivity (Wildman–Crippen MR) is 81.9 cm³/mol. The summed E-state index contributed by atoms with van der Waals surface area (Å²) in [6.07, 6.45) is 0. The SMILES string of the molecule is NS(=O)(=O)CS(=O)(=O)N(c1ccccc1)c1ccccc1. The van der Waals surface area contributed by atoms with Gasteiger partial charge in [0.15, 0.2) is 5.08 Å². The molecule has 0 heterocycles. The predicted octanol–water partition coefficient (Wildman–Crippen LogP) is 1.40. The molecule has 0 spiro atoms. The van der Waals surface area contributed by atoms with E-state index < -0.39 is 25.1 Å². The third-order valence-electron chi connectivity index (χ3n) is 2.57. The smallest absolute Gasteiger partial charge is 0.238 e. The van der Waals surface area contributed by atoms with Crippen molar-refractivity contribution in [3.8, 4) is 0 Å². The van der Waals surface area contributed by atoms with E-state index in [9.17, 15) is 16.8 Å². The molecule has 0 fully saturated rings. The van der Waals surface area contributed by atoms with E-state index in [1.54, 1.807) is 60.7 Å². The van der Waals surface area contributed by atoms with Crippen molar-refractivity contribution in [2.45, 2.75) is 0 Å². The first kappa shape index (κ1) is 15.5. The van der Waals surface area contributed by atoms with E-state index >= 15 is 0 Å². The Morgan fingerprint density at radius 1 is 0.762 bits per heavy atom. The van der Waals surface area contributed by atoms with E-state index in [0.29, 0.717) is 11.4 Å². The molecule has 0 atom stereocenters. The van der Waals surface area contributed by atoms with E-state index in [1.807, 2.05) is 0 Å². The second kappa shape index (κ2) is 5.84. The monoisotopic (exact) mass is 326 g/mol. The maximum absolute atomic E-state index is 12.4. The highest BCUT2D eigenvalue weighted by Crippen LogP contribution is 2.28. The minimum atomic E-state index is -4.17. The van der Waals surface area contributed by atoms with Crippen LogP contribution in [0.3, 0.4) is 0 Å². The highest BCUT2D eigenvalue weighted by Gasteiger charge is 2.28. The minimum Gasteiger partial charge on any atom is -0.238 e. The minimum absolute atomic E-state index is 0.340. The van der Waals surface area contributed by atoms with Crippen LogP contribution in [-0.4, -0.2) is 21.9 Å². The Labute approximate surface area is 123 Å². The molecule has 2 rings (SSSR count). The topological polar surface area (TPSA) is 97.5 Å². The van der Waals surface area contributed by atoms with E-state index in [-0.39, 0.29) is 0 Å². The van der Waals surface area contributed by atoms with Crippen molar-refractivity contribution < 1.29 is 16.8 Å². The molecule has 0 aliphatic heterocycles. The lowest BCUT2D eigenvalue weighted by atomic mass is 10.3. The number of anilines is 2. The molecule has 112 valence electrons. The zero-order chi connectivity index (χ0) is 15.5. The van der Waals surface area contributed by atoms with Crippen LogP contribution in [0.15, 0.2) is 60.7 Å². The molecule has 0 bridgehead atoms. The molecule has 2 N–H and O–H groups in total. The average molecular weight is 326 g/mol. The molecule has 0 unspecified atom stereocenters. The third-order valence-corrected chi connectivity index (χ3v) is 6.06. The standard InChI is InChI=1S/C13H14N2O4S2/c14-20(16,17)11-21(18,19)15(12-7-3-1-4-8-12)13-9-5-2-6-10-13/h1-10H,11H2,(H2,14,16,17). The van der Waals surface area contributed by atoms with Gasteiger partial charge in [-0.15, -0.1) is 0 Å². The van der Waals surface area contributed by atoms with E-state index in [1.165, 1.54) is 0 Å². The number of hydrogen-bond acceptors (Lipinski definition) is 4. The lowest BCUT2D eigenvalue weighted by Crippen LogP contribution is -2.34. The summed E-state index contributed by atoms with van der Waals surface area (Å²) < 4.78 is 48.2. The first-order valence-electron chi connectivity index (χ1n) is 5.93. The normalized spacial score (nSPS) is 12.0. The number of benzene rings is 2. The Morgan fingerprint density at radius 3 is 1.48 bits per heavy atom. The summed E-state index contributed by atoms with van der Waals surface area (Å²) in [4.78, 5) is 0. The van der Waals surface area contributed by atoms with Crippen molar-refractivity contribution in [1.29, 1.82) is 0 Å². The van der Waals surface area contributed by atoms with Crippen molar-refractivity contribution in [1.82, 2.24) is 0 Å². The quantitative estimate of drug-likeness (QED) is 0.898. The summed E-state index contributed by atoms with van der Waals surface area (Å²) in [6.45, 7) is 0. The van der Waals surface area contributed by atoms with Crippen LogP contribution in [0.25, 0.3) is 0 Å². The molecular weight excluding hydrogens is 312 g/mol. The molecular formula is C13H14N2O4S2. The Balaban J connectivity index is 2.58. The summed E-state index contributed by atoms with van der Waals surface area (Å²) >= 11 is 0. The number of para-hydroxylation sites is 2. The summed E-state index contributed by atoms with van der Waals surface area (Å²) in [7, 11) is -8.34. The van der Waals surface area contributed by atoms with Gasteiger partial charge in [0.25, 0.3) is 10.0 Å². The van der Waals surface area contributed by atoms with Gasteiger partial charge >= 0.3 is 0 Å². The summed E-state index contributed by atoms with van der Waals surface area (Å²) in [5.41, 5.74) is 0.680. The molecule has 0 aliphatic carbocycles. The largest absolute Gasteiger partial charge is 0.255 e. The highest BCUT2D eigenvalue weighted by atomic mass is 32.3. The Kier molecular flexibility index (Phi) is 4.31. The fraction of sp³-hybridized carbons (Fsp3) is 0.0769. The van der Waals surface area contributed by atoms with Gasteiger partial charge in [-0.3, -0.25) is 0 Å². The van der Waals surface area contributed by atoms with Crippen LogP contribution in [0.2, 0.25) is 0 Å².